The van der Waals surface area contributed by atoms with Crippen molar-refractivity contribution in [3.05, 3.63) is 11.9 Å². The zero-order valence-electron chi connectivity index (χ0n) is 11.4. The second-order valence-corrected chi connectivity index (χ2v) is 5.88. The van der Waals surface area contributed by atoms with E-state index in [9.17, 15) is 0 Å². The SMILES string of the molecule is CCNc1cc(SCC(C)C)nc(C(C)C)n1. The van der Waals surface area contributed by atoms with Gasteiger partial charge < -0.3 is 5.32 Å². The van der Waals surface area contributed by atoms with Crippen molar-refractivity contribution in [1.82, 2.24) is 9.97 Å². The van der Waals surface area contributed by atoms with Crippen molar-refractivity contribution in [3.63, 3.8) is 0 Å². The van der Waals surface area contributed by atoms with Crippen molar-refractivity contribution < 1.29 is 0 Å². The van der Waals surface area contributed by atoms with Crippen molar-refractivity contribution >= 4 is 17.6 Å². The van der Waals surface area contributed by atoms with Gasteiger partial charge in [-0.15, -0.1) is 11.8 Å². The number of nitrogens with zero attached hydrogens (tertiary/aromatic N) is 2. The summed E-state index contributed by atoms with van der Waals surface area (Å²) in [6, 6.07) is 2.04. The summed E-state index contributed by atoms with van der Waals surface area (Å²) in [5.41, 5.74) is 0. The van der Waals surface area contributed by atoms with Crippen LogP contribution in [0.2, 0.25) is 0 Å². The van der Waals surface area contributed by atoms with Crippen LogP contribution in [0.4, 0.5) is 5.82 Å². The lowest BCUT2D eigenvalue weighted by Crippen LogP contribution is -2.06. The third-order valence-corrected chi connectivity index (χ3v) is 3.50. The van der Waals surface area contributed by atoms with E-state index < -0.39 is 0 Å². The van der Waals surface area contributed by atoms with Gasteiger partial charge in [-0.05, 0) is 12.8 Å². The number of rotatable bonds is 6. The Morgan fingerprint density at radius 1 is 1.24 bits per heavy atom. The summed E-state index contributed by atoms with van der Waals surface area (Å²) in [5, 5.41) is 4.34. The average molecular weight is 253 g/mol. The van der Waals surface area contributed by atoms with Crippen LogP contribution in [0.5, 0.6) is 0 Å². The van der Waals surface area contributed by atoms with E-state index in [-0.39, 0.29) is 0 Å². The largest absolute Gasteiger partial charge is 0.370 e. The van der Waals surface area contributed by atoms with Crippen LogP contribution in [-0.2, 0) is 0 Å². The van der Waals surface area contributed by atoms with Crippen LogP contribution in [0.25, 0.3) is 0 Å². The molecule has 4 heteroatoms. The minimum absolute atomic E-state index is 0.368. The van der Waals surface area contributed by atoms with Gasteiger partial charge in [0.2, 0.25) is 0 Å². The van der Waals surface area contributed by atoms with Crippen molar-refractivity contribution in [1.29, 1.82) is 0 Å². The minimum atomic E-state index is 0.368. The van der Waals surface area contributed by atoms with E-state index in [0.717, 1.165) is 29.0 Å². The average Bonchev–Trinajstić information content (AvgIpc) is 2.26. The van der Waals surface area contributed by atoms with Gasteiger partial charge in [0.15, 0.2) is 0 Å². The number of anilines is 1. The second-order valence-electron chi connectivity index (χ2n) is 4.84. The summed E-state index contributed by atoms with van der Waals surface area (Å²) in [6.07, 6.45) is 0. The van der Waals surface area contributed by atoms with E-state index >= 15 is 0 Å². The van der Waals surface area contributed by atoms with Crippen LogP contribution >= 0.6 is 11.8 Å². The predicted molar refractivity (Wildman–Crippen MR) is 75.8 cm³/mol. The minimum Gasteiger partial charge on any atom is -0.370 e. The molecule has 0 aliphatic carbocycles. The Morgan fingerprint density at radius 2 is 1.94 bits per heavy atom. The van der Waals surface area contributed by atoms with Crippen molar-refractivity contribution in [2.75, 3.05) is 17.6 Å². The topological polar surface area (TPSA) is 37.8 Å². The van der Waals surface area contributed by atoms with Gasteiger partial charge in [-0.25, -0.2) is 9.97 Å². The molecule has 1 heterocycles. The maximum absolute atomic E-state index is 4.60. The summed E-state index contributed by atoms with van der Waals surface area (Å²) in [6.45, 7) is 11.7. The highest BCUT2D eigenvalue weighted by Gasteiger charge is 2.08. The molecule has 1 aromatic rings. The van der Waals surface area contributed by atoms with Crippen LogP contribution in [0.15, 0.2) is 11.1 Å². The van der Waals surface area contributed by atoms with Gasteiger partial charge in [0.25, 0.3) is 0 Å². The highest BCUT2D eigenvalue weighted by molar-refractivity contribution is 7.99. The molecule has 1 rings (SSSR count). The Morgan fingerprint density at radius 3 is 2.47 bits per heavy atom. The highest BCUT2D eigenvalue weighted by Crippen LogP contribution is 2.23. The Labute approximate surface area is 109 Å². The Hall–Kier alpha value is -0.770. The van der Waals surface area contributed by atoms with Gasteiger partial charge in [-0.2, -0.15) is 0 Å². The van der Waals surface area contributed by atoms with Gasteiger partial charge in [0, 0.05) is 24.3 Å². The van der Waals surface area contributed by atoms with Crippen LogP contribution in [0.3, 0.4) is 0 Å². The van der Waals surface area contributed by atoms with Crippen molar-refractivity contribution in [3.8, 4) is 0 Å². The fraction of sp³-hybridized carbons (Fsp3) is 0.692. The summed E-state index contributed by atoms with van der Waals surface area (Å²) >= 11 is 1.81. The third kappa shape index (κ3) is 4.94. The molecule has 0 saturated carbocycles. The van der Waals surface area contributed by atoms with E-state index in [1.807, 2.05) is 17.8 Å². The lowest BCUT2D eigenvalue weighted by Gasteiger charge is -2.11. The van der Waals surface area contributed by atoms with Crippen LogP contribution in [0, 0.1) is 5.92 Å². The van der Waals surface area contributed by atoms with E-state index in [2.05, 4.69) is 49.9 Å². The zero-order chi connectivity index (χ0) is 12.8. The summed E-state index contributed by atoms with van der Waals surface area (Å²) in [4.78, 5) is 9.11. The number of aromatic nitrogens is 2. The van der Waals surface area contributed by atoms with Gasteiger partial charge in [0.05, 0.1) is 0 Å². The maximum Gasteiger partial charge on any atom is 0.134 e. The Bertz CT molecular complexity index is 351. The van der Waals surface area contributed by atoms with Crippen molar-refractivity contribution in [2.24, 2.45) is 5.92 Å². The molecule has 0 aliphatic rings. The van der Waals surface area contributed by atoms with Crippen LogP contribution in [-0.4, -0.2) is 22.3 Å². The molecule has 0 aromatic carbocycles. The van der Waals surface area contributed by atoms with Gasteiger partial charge in [0.1, 0.15) is 16.7 Å². The molecule has 0 unspecified atom stereocenters. The molecule has 1 aromatic heterocycles. The van der Waals surface area contributed by atoms with Crippen LogP contribution in [0.1, 0.15) is 46.4 Å². The molecular weight excluding hydrogens is 230 g/mol. The molecule has 3 nitrogen and oxygen atoms in total. The fourth-order valence-electron chi connectivity index (χ4n) is 1.30. The van der Waals surface area contributed by atoms with Gasteiger partial charge in [-0.3, -0.25) is 0 Å². The molecule has 0 radical (unpaired) electrons. The predicted octanol–water partition coefficient (Wildman–Crippen LogP) is 3.78. The molecule has 0 spiro atoms. The first-order valence-electron chi connectivity index (χ1n) is 6.28. The van der Waals surface area contributed by atoms with Gasteiger partial charge >= 0.3 is 0 Å². The first-order valence-corrected chi connectivity index (χ1v) is 7.27. The maximum atomic E-state index is 4.60. The molecule has 0 fully saturated rings. The summed E-state index contributed by atoms with van der Waals surface area (Å²) < 4.78 is 0. The zero-order valence-corrected chi connectivity index (χ0v) is 12.3. The molecule has 0 bridgehead atoms. The summed E-state index contributed by atoms with van der Waals surface area (Å²) in [5.74, 6) is 4.01. The summed E-state index contributed by atoms with van der Waals surface area (Å²) in [7, 11) is 0. The molecule has 0 aliphatic heterocycles. The second kappa shape index (κ2) is 6.84. The monoisotopic (exact) mass is 253 g/mol. The molecule has 96 valence electrons. The molecule has 0 amide bonds. The standard InChI is InChI=1S/C13H23N3S/c1-6-14-11-7-12(17-8-9(2)3)16-13(15-11)10(4)5/h7,9-10H,6,8H2,1-5H3,(H,14,15,16). The van der Waals surface area contributed by atoms with Crippen molar-refractivity contribution in [2.45, 2.75) is 45.6 Å². The molecule has 0 saturated heterocycles. The lowest BCUT2D eigenvalue weighted by molar-refractivity contribution is 0.741. The molecule has 17 heavy (non-hydrogen) atoms. The fourth-order valence-corrected chi connectivity index (χ4v) is 2.16. The first-order chi connectivity index (χ1) is 8.02. The van der Waals surface area contributed by atoms with E-state index in [0.29, 0.717) is 11.8 Å². The molecule has 0 atom stereocenters. The molecular formula is C13H23N3S. The highest BCUT2D eigenvalue weighted by atomic mass is 32.2. The number of thioether (sulfide) groups is 1. The van der Waals surface area contributed by atoms with E-state index in [1.54, 1.807) is 0 Å². The van der Waals surface area contributed by atoms with E-state index in [1.165, 1.54) is 0 Å². The lowest BCUT2D eigenvalue weighted by atomic mass is 10.2. The number of nitrogens with one attached hydrogen (secondary N) is 1. The first kappa shape index (κ1) is 14.3. The van der Waals surface area contributed by atoms with Crippen LogP contribution < -0.4 is 5.32 Å². The number of hydrogen-bond donors (Lipinski definition) is 1. The Balaban J connectivity index is 2.87. The normalized spacial score (nSPS) is 11.2. The smallest absolute Gasteiger partial charge is 0.134 e. The molecule has 1 N–H and O–H groups in total. The number of hydrogen-bond acceptors (Lipinski definition) is 4. The Kier molecular flexibility index (Phi) is 5.75. The van der Waals surface area contributed by atoms with Gasteiger partial charge in [-0.1, -0.05) is 27.7 Å². The third-order valence-electron chi connectivity index (χ3n) is 2.16. The van der Waals surface area contributed by atoms with E-state index in [4.69, 9.17) is 0 Å². The quantitative estimate of drug-likeness (QED) is 0.618.